The number of anilines is 1. The van der Waals surface area contributed by atoms with Gasteiger partial charge >= 0.3 is 5.97 Å². The quantitative estimate of drug-likeness (QED) is 0.710. The Morgan fingerprint density at radius 1 is 1.35 bits per heavy atom. The molecule has 0 aliphatic rings. The number of aliphatic carboxylic acids is 1. The molecule has 0 saturated carbocycles. The molecule has 0 heterocycles. The molecule has 0 fully saturated rings. The number of carbonyl (C=O) groups excluding carboxylic acids is 1. The zero-order chi connectivity index (χ0) is 15.3. The Hall–Kier alpha value is -1.56. The molecule has 110 valence electrons. The molecule has 1 aromatic rings. The molecule has 6 heteroatoms. The highest BCUT2D eigenvalue weighted by Gasteiger charge is 2.34. The predicted molar refractivity (Wildman–Crippen MR) is 81.8 cm³/mol. The van der Waals surface area contributed by atoms with Gasteiger partial charge in [-0.2, -0.15) is 0 Å². The Balaban J connectivity index is 2.87. The molecule has 20 heavy (non-hydrogen) atoms. The lowest BCUT2D eigenvalue weighted by molar-refractivity contribution is -0.148. The van der Waals surface area contributed by atoms with Crippen LogP contribution in [0, 0.1) is 5.41 Å². The van der Waals surface area contributed by atoms with Gasteiger partial charge in [-0.3, -0.25) is 9.59 Å². The Bertz CT molecular complexity index is 513. The van der Waals surface area contributed by atoms with Gasteiger partial charge in [-0.25, -0.2) is 0 Å². The molecule has 0 aromatic heterocycles. The first-order valence-corrected chi connectivity index (χ1v) is 7.22. The summed E-state index contributed by atoms with van der Waals surface area (Å²) in [6.45, 7) is 4.06. The summed E-state index contributed by atoms with van der Waals surface area (Å²) in [4.78, 5) is 22.5. The maximum atomic E-state index is 11.4. The molecule has 1 rings (SSSR count). The van der Waals surface area contributed by atoms with Crippen molar-refractivity contribution in [2.75, 3.05) is 11.9 Å². The van der Waals surface area contributed by atoms with Gasteiger partial charge in [0.15, 0.2) is 0 Å². The SMILES string of the molecule is CCC(CC)(CNc1ccc(C(N)=O)c(Br)c1)C(=O)O. The summed E-state index contributed by atoms with van der Waals surface area (Å²) in [6.07, 6.45) is 1.10. The van der Waals surface area contributed by atoms with Gasteiger partial charge in [0.05, 0.1) is 11.0 Å². The van der Waals surface area contributed by atoms with Crippen molar-refractivity contribution < 1.29 is 14.7 Å². The molecule has 1 amide bonds. The molecule has 1 aromatic carbocycles. The molecular weight excluding hydrogens is 324 g/mol. The molecular formula is C14H19BrN2O3. The second-order valence-electron chi connectivity index (χ2n) is 4.71. The van der Waals surface area contributed by atoms with E-state index in [1.54, 1.807) is 18.2 Å². The molecule has 0 saturated heterocycles. The van der Waals surface area contributed by atoms with Crippen molar-refractivity contribution in [3.05, 3.63) is 28.2 Å². The summed E-state index contributed by atoms with van der Waals surface area (Å²) in [7, 11) is 0. The van der Waals surface area contributed by atoms with E-state index in [2.05, 4.69) is 21.2 Å². The number of benzene rings is 1. The topological polar surface area (TPSA) is 92.4 Å². The van der Waals surface area contributed by atoms with E-state index in [1.165, 1.54) is 0 Å². The number of amides is 1. The summed E-state index contributed by atoms with van der Waals surface area (Å²) in [6, 6.07) is 5.04. The van der Waals surface area contributed by atoms with Crippen molar-refractivity contribution in [2.24, 2.45) is 11.1 Å². The van der Waals surface area contributed by atoms with Crippen molar-refractivity contribution in [1.82, 2.24) is 0 Å². The van der Waals surface area contributed by atoms with E-state index < -0.39 is 17.3 Å². The second kappa shape index (κ2) is 6.74. The van der Waals surface area contributed by atoms with Crippen LogP contribution in [0.4, 0.5) is 5.69 Å². The Morgan fingerprint density at radius 3 is 2.35 bits per heavy atom. The van der Waals surface area contributed by atoms with Crippen molar-refractivity contribution in [3.8, 4) is 0 Å². The second-order valence-corrected chi connectivity index (χ2v) is 5.56. The number of carbonyl (C=O) groups is 2. The van der Waals surface area contributed by atoms with E-state index in [0.717, 1.165) is 5.69 Å². The van der Waals surface area contributed by atoms with Crippen molar-refractivity contribution in [1.29, 1.82) is 0 Å². The van der Waals surface area contributed by atoms with Gasteiger partial charge in [0.2, 0.25) is 5.91 Å². The minimum absolute atomic E-state index is 0.331. The fraction of sp³-hybridized carbons (Fsp3) is 0.429. The first kappa shape index (κ1) is 16.5. The maximum absolute atomic E-state index is 11.4. The van der Waals surface area contributed by atoms with Crippen LogP contribution in [0.25, 0.3) is 0 Å². The van der Waals surface area contributed by atoms with E-state index in [-0.39, 0.29) is 0 Å². The third-order valence-corrected chi connectivity index (χ3v) is 4.33. The highest BCUT2D eigenvalue weighted by atomic mass is 79.9. The summed E-state index contributed by atoms with van der Waals surface area (Å²) in [5.74, 6) is -1.31. The maximum Gasteiger partial charge on any atom is 0.311 e. The monoisotopic (exact) mass is 342 g/mol. The van der Waals surface area contributed by atoms with E-state index in [1.807, 2.05) is 13.8 Å². The molecule has 5 nitrogen and oxygen atoms in total. The number of carboxylic acids is 1. The van der Waals surface area contributed by atoms with Crippen molar-refractivity contribution >= 4 is 33.5 Å². The van der Waals surface area contributed by atoms with Gasteiger partial charge in [0.1, 0.15) is 0 Å². The van der Waals surface area contributed by atoms with Crippen LogP contribution in [0.3, 0.4) is 0 Å². The van der Waals surface area contributed by atoms with Gasteiger partial charge in [0, 0.05) is 16.7 Å². The number of nitrogens with two attached hydrogens (primary N) is 1. The first-order chi connectivity index (χ1) is 9.36. The molecule has 0 bridgehead atoms. The number of hydrogen-bond donors (Lipinski definition) is 3. The Morgan fingerprint density at radius 2 is 1.95 bits per heavy atom. The van der Waals surface area contributed by atoms with Crippen LogP contribution in [0.1, 0.15) is 37.0 Å². The fourth-order valence-corrected chi connectivity index (χ4v) is 2.55. The van der Waals surface area contributed by atoms with Gasteiger partial charge < -0.3 is 16.2 Å². The molecule has 0 atom stereocenters. The molecule has 0 unspecified atom stereocenters. The normalized spacial score (nSPS) is 11.2. The molecule has 4 N–H and O–H groups in total. The van der Waals surface area contributed by atoms with E-state index in [9.17, 15) is 14.7 Å². The lowest BCUT2D eigenvalue weighted by Crippen LogP contribution is -2.36. The van der Waals surface area contributed by atoms with Crippen LogP contribution in [0.5, 0.6) is 0 Å². The summed E-state index contributed by atoms with van der Waals surface area (Å²) < 4.78 is 0.587. The zero-order valence-corrected chi connectivity index (χ0v) is 13.2. The third-order valence-electron chi connectivity index (χ3n) is 3.67. The molecule has 0 aliphatic heterocycles. The summed E-state index contributed by atoms with van der Waals surface area (Å²) in [5, 5.41) is 12.5. The van der Waals surface area contributed by atoms with Crippen LogP contribution >= 0.6 is 15.9 Å². The average Bonchev–Trinajstić information content (AvgIpc) is 2.39. The average molecular weight is 343 g/mol. The number of carboxylic acid groups (broad SMARTS) is 1. The van der Waals surface area contributed by atoms with Crippen LogP contribution in [0.15, 0.2) is 22.7 Å². The van der Waals surface area contributed by atoms with Gasteiger partial charge in [-0.1, -0.05) is 13.8 Å². The number of nitrogens with one attached hydrogen (secondary N) is 1. The van der Waals surface area contributed by atoms with Gasteiger partial charge in [0.25, 0.3) is 0 Å². The summed E-state index contributed by atoms with van der Waals surface area (Å²) in [5.41, 5.74) is 5.58. The summed E-state index contributed by atoms with van der Waals surface area (Å²) >= 11 is 3.27. The fourth-order valence-electron chi connectivity index (χ4n) is 1.97. The van der Waals surface area contributed by atoms with Crippen LogP contribution in [-0.4, -0.2) is 23.5 Å². The molecule has 0 radical (unpaired) electrons. The number of primary amides is 1. The number of hydrogen-bond acceptors (Lipinski definition) is 3. The van der Waals surface area contributed by atoms with Crippen LogP contribution < -0.4 is 11.1 Å². The van der Waals surface area contributed by atoms with E-state index in [0.29, 0.717) is 29.4 Å². The van der Waals surface area contributed by atoms with Crippen LogP contribution in [-0.2, 0) is 4.79 Å². The van der Waals surface area contributed by atoms with Crippen LogP contribution in [0.2, 0.25) is 0 Å². The third kappa shape index (κ3) is 3.50. The number of halogens is 1. The zero-order valence-electron chi connectivity index (χ0n) is 11.6. The Kier molecular flexibility index (Phi) is 5.56. The van der Waals surface area contributed by atoms with Crippen molar-refractivity contribution in [2.45, 2.75) is 26.7 Å². The van der Waals surface area contributed by atoms with Crippen molar-refractivity contribution in [3.63, 3.8) is 0 Å². The minimum atomic E-state index is -0.803. The standard InChI is InChI=1S/C14H19BrN2O3/c1-3-14(4-2,13(19)20)8-17-9-5-6-10(12(16)18)11(15)7-9/h5-7,17H,3-4,8H2,1-2H3,(H2,16,18)(H,19,20). The highest BCUT2D eigenvalue weighted by Crippen LogP contribution is 2.28. The van der Waals surface area contributed by atoms with E-state index >= 15 is 0 Å². The number of rotatable bonds is 7. The largest absolute Gasteiger partial charge is 0.481 e. The minimum Gasteiger partial charge on any atom is -0.481 e. The van der Waals surface area contributed by atoms with E-state index in [4.69, 9.17) is 5.73 Å². The van der Waals surface area contributed by atoms with Gasteiger partial charge in [-0.15, -0.1) is 0 Å². The lowest BCUT2D eigenvalue weighted by Gasteiger charge is -2.27. The lowest BCUT2D eigenvalue weighted by atomic mass is 9.82. The first-order valence-electron chi connectivity index (χ1n) is 6.43. The highest BCUT2D eigenvalue weighted by molar-refractivity contribution is 9.10. The predicted octanol–water partition coefficient (Wildman–Crippen LogP) is 2.85. The smallest absolute Gasteiger partial charge is 0.311 e. The van der Waals surface area contributed by atoms with Gasteiger partial charge in [-0.05, 0) is 47.0 Å². The Labute approximate surface area is 126 Å². The molecule has 0 spiro atoms. The molecule has 0 aliphatic carbocycles.